The third kappa shape index (κ3) is 2.18. The lowest BCUT2D eigenvalue weighted by atomic mass is 9.78. The molecule has 88 valence electrons. The maximum atomic E-state index is 12.3. The van der Waals surface area contributed by atoms with E-state index in [9.17, 15) is 4.79 Å². The molecular formula is C13H20N2O. The first-order valence-corrected chi connectivity index (χ1v) is 6.23. The third-order valence-corrected chi connectivity index (χ3v) is 3.80. The van der Waals surface area contributed by atoms with Gasteiger partial charge < -0.3 is 4.57 Å². The Balaban J connectivity index is 2.07. The van der Waals surface area contributed by atoms with Crippen molar-refractivity contribution in [1.29, 1.82) is 0 Å². The molecule has 3 nitrogen and oxygen atoms in total. The largest absolute Gasteiger partial charge is 0.331 e. The van der Waals surface area contributed by atoms with Gasteiger partial charge in [0.05, 0.1) is 12.5 Å². The maximum absolute atomic E-state index is 12.3. The molecule has 0 saturated heterocycles. The molecule has 3 heteroatoms. The zero-order valence-corrected chi connectivity index (χ0v) is 10.1. The Bertz CT molecular complexity index is 370. The highest BCUT2D eigenvalue weighted by atomic mass is 16.1. The van der Waals surface area contributed by atoms with Crippen molar-refractivity contribution in [2.45, 2.75) is 39.0 Å². The highest BCUT2D eigenvalue weighted by molar-refractivity contribution is 5.96. The number of carbonyl (C=O) groups is 1. The van der Waals surface area contributed by atoms with Crippen molar-refractivity contribution >= 4 is 5.78 Å². The lowest BCUT2D eigenvalue weighted by molar-refractivity contribution is 0.0853. The van der Waals surface area contributed by atoms with E-state index in [2.05, 4.69) is 11.9 Å². The molecule has 0 aliphatic heterocycles. The molecule has 0 radical (unpaired) electrons. The smallest absolute Gasteiger partial charge is 0.183 e. The molecule has 1 aromatic heterocycles. The fourth-order valence-corrected chi connectivity index (χ4v) is 2.70. The van der Waals surface area contributed by atoms with Crippen molar-refractivity contribution in [3.63, 3.8) is 0 Å². The molecular weight excluding hydrogens is 200 g/mol. The van der Waals surface area contributed by atoms with Gasteiger partial charge in [0.15, 0.2) is 5.78 Å². The molecule has 2 unspecified atom stereocenters. The number of aromatic nitrogens is 2. The van der Waals surface area contributed by atoms with Crippen LogP contribution in [-0.4, -0.2) is 15.3 Å². The monoisotopic (exact) mass is 220 g/mol. The van der Waals surface area contributed by atoms with E-state index in [1.807, 2.05) is 11.6 Å². The first-order valence-electron chi connectivity index (χ1n) is 6.23. The van der Waals surface area contributed by atoms with Gasteiger partial charge in [-0.2, -0.15) is 0 Å². The van der Waals surface area contributed by atoms with Crippen LogP contribution in [0.3, 0.4) is 0 Å². The Hall–Kier alpha value is -1.12. The summed E-state index contributed by atoms with van der Waals surface area (Å²) >= 11 is 0. The summed E-state index contributed by atoms with van der Waals surface area (Å²) in [6, 6.07) is 0. The molecule has 1 aromatic rings. The van der Waals surface area contributed by atoms with E-state index in [0.717, 1.165) is 24.5 Å². The van der Waals surface area contributed by atoms with Gasteiger partial charge in [-0.05, 0) is 18.8 Å². The number of Topliss-reactive ketones (excluding diaryl/α,β-unsaturated/α-hetero) is 1. The van der Waals surface area contributed by atoms with E-state index in [4.69, 9.17) is 0 Å². The van der Waals surface area contributed by atoms with Gasteiger partial charge in [0.2, 0.25) is 0 Å². The van der Waals surface area contributed by atoms with Crippen molar-refractivity contribution in [3.05, 3.63) is 18.2 Å². The predicted molar refractivity (Wildman–Crippen MR) is 63.3 cm³/mol. The van der Waals surface area contributed by atoms with Crippen molar-refractivity contribution in [3.8, 4) is 0 Å². The first-order chi connectivity index (χ1) is 7.72. The van der Waals surface area contributed by atoms with Gasteiger partial charge in [-0.15, -0.1) is 0 Å². The molecule has 0 spiro atoms. The van der Waals surface area contributed by atoms with Gasteiger partial charge in [-0.1, -0.05) is 26.2 Å². The molecule has 0 amide bonds. The Kier molecular flexibility index (Phi) is 3.42. The average molecular weight is 220 g/mol. The average Bonchev–Trinajstić information content (AvgIpc) is 2.74. The van der Waals surface area contributed by atoms with Gasteiger partial charge in [0.25, 0.3) is 0 Å². The minimum absolute atomic E-state index is 0.231. The van der Waals surface area contributed by atoms with Crippen LogP contribution in [0.2, 0.25) is 0 Å². The summed E-state index contributed by atoms with van der Waals surface area (Å²) < 4.78 is 1.83. The summed E-state index contributed by atoms with van der Waals surface area (Å²) in [5, 5.41) is 0. The molecule has 0 aromatic carbocycles. The van der Waals surface area contributed by atoms with Crippen molar-refractivity contribution < 1.29 is 4.79 Å². The fourth-order valence-electron chi connectivity index (χ4n) is 2.70. The second kappa shape index (κ2) is 4.81. The number of hydrogen-bond donors (Lipinski definition) is 0. The molecule has 2 atom stereocenters. The van der Waals surface area contributed by atoms with Crippen LogP contribution < -0.4 is 0 Å². The molecule has 1 saturated carbocycles. The minimum Gasteiger partial charge on any atom is -0.331 e. The Morgan fingerprint density at radius 2 is 2.38 bits per heavy atom. The Labute approximate surface area is 96.9 Å². The number of aryl methyl sites for hydroxylation is 1. The molecule has 0 N–H and O–H groups in total. The number of carbonyl (C=O) groups excluding carboxylic acids is 1. The van der Waals surface area contributed by atoms with E-state index >= 15 is 0 Å². The van der Waals surface area contributed by atoms with Crippen molar-refractivity contribution in [1.82, 2.24) is 9.55 Å². The van der Waals surface area contributed by atoms with Gasteiger partial charge in [0.1, 0.15) is 5.69 Å². The predicted octanol–water partition coefficient (Wildman–Crippen LogP) is 2.82. The van der Waals surface area contributed by atoms with Crippen LogP contribution in [0.5, 0.6) is 0 Å². The molecule has 0 bridgehead atoms. The standard InChI is InChI=1S/C13H20N2O/c1-3-10-5-4-6-11(7-10)13(16)12-8-14-9-15(12)2/h8-11H,3-7H2,1-2H3. The second-order valence-electron chi connectivity index (χ2n) is 4.89. The van der Waals surface area contributed by atoms with Crippen LogP contribution in [0.1, 0.15) is 49.5 Å². The minimum atomic E-state index is 0.231. The van der Waals surface area contributed by atoms with E-state index in [1.54, 1.807) is 12.5 Å². The Morgan fingerprint density at radius 1 is 1.56 bits per heavy atom. The van der Waals surface area contributed by atoms with Gasteiger partial charge in [-0.25, -0.2) is 4.98 Å². The molecule has 1 fully saturated rings. The zero-order chi connectivity index (χ0) is 11.5. The number of imidazole rings is 1. The molecule has 1 aliphatic carbocycles. The summed E-state index contributed by atoms with van der Waals surface area (Å²) in [6.45, 7) is 2.22. The number of nitrogens with zero attached hydrogens (tertiary/aromatic N) is 2. The molecule has 1 heterocycles. The molecule has 2 rings (SSSR count). The SMILES string of the molecule is CCC1CCCC(C(=O)c2cncn2C)C1. The van der Waals surface area contributed by atoms with Crippen LogP contribution in [-0.2, 0) is 7.05 Å². The lowest BCUT2D eigenvalue weighted by Gasteiger charge is -2.27. The number of ketones is 1. The van der Waals surface area contributed by atoms with Gasteiger partial charge in [0, 0.05) is 13.0 Å². The number of rotatable bonds is 3. The summed E-state index contributed by atoms with van der Waals surface area (Å²) in [5.41, 5.74) is 0.766. The lowest BCUT2D eigenvalue weighted by Crippen LogP contribution is -2.24. The van der Waals surface area contributed by atoms with Crippen LogP contribution >= 0.6 is 0 Å². The topological polar surface area (TPSA) is 34.9 Å². The second-order valence-corrected chi connectivity index (χ2v) is 4.89. The van der Waals surface area contributed by atoms with Crippen molar-refractivity contribution in [2.24, 2.45) is 18.9 Å². The van der Waals surface area contributed by atoms with Crippen LogP contribution in [0.25, 0.3) is 0 Å². The van der Waals surface area contributed by atoms with Crippen LogP contribution in [0, 0.1) is 11.8 Å². The molecule has 1 aliphatic rings. The zero-order valence-electron chi connectivity index (χ0n) is 10.1. The molecule has 16 heavy (non-hydrogen) atoms. The normalized spacial score (nSPS) is 25.6. The van der Waals surface area contributed by atoms with Gasteiger partial charge >= 0.3 is 0 Å². The number of hydrogen-bond acceptors (Lipinski definition) is 2. The maximum Gasteiger partial charge on any atom is 0.183 e. The summed E-state index contributed by atoms with van der Waals surface area (Å²) in [6.07, 6.45) is 9.22. The van der Waals surface area contributed by atoms with E-state index in [0.29, 0.717) is 0 Å². The van der Waals surface area contributed by atoms with E-state index in [1.165, 1.54) is 19.3 Å². The summed E-state index contributed by atoms with van der Waals surface area (Å²) in [4.78, 5) is 16.3. The van der Waals surface area contributed by atoms with Crippen molar-refractivity contribution in [2.75, 3.05) is 0 Å². The summed E-state index contributed by atoms with van der Waals surface area (Å²) in [5.74, 6) is 1.27. The van der Waals surface area contributed by atoms with E-state index < -0.39 is 0 Å². The quantitative estimate of drug-likeness (QED) is 0.734. The third-order valence-electron chi connectivity index (χ3n) is 3.80. The first kappa shape index (κ1) is 11.4. The Morgan fingerprint density at radius 3 is 3.00 bits per heavy atom. The summed E-state index contributed by atoms with van der Waals surface area (Å²) in [7, 11) is 1.89. The van der Waals surface area contributed by atoms with E-state index in [-0.39, 0.29) is 11.7 Å². The van der Waals surface area contributed by atoms with Crippen LogP contribution in [0.4, 0.5) is 0 Å². The van der Waals surface area contributed by atoms with Crippen LogP contribution in [0.15, 0.2) is 12.5 Å². The fraction of sp³-hybridized carbons (Fsp3) is 0.692. The highest BCUT2D eigenvalue weighted by Crippen LogP contribution is 2.32. The van der Waals surface area contributed by atoms with Gasteiger partial charge in [-0.3, -0.25) is 4.79 Å². The highest BCUT2D eigenvalue weighted by Gasteiger charge is 2.28.